The van der Waals surface area contributed by atoms with Gasteiger partial charge in [0, 0.05) is 11.4 Å². The van der Waals surface area contributed by atoms with Crippen molar-refractivity contribution in [3.63, 3.8) is 0 Å². The van der Waals surface area contributed by atoms with Gasteiger partial charge in [-0.3, -0.25) is 13.8 Å². The Morgan fingerprint density at radius 1 is 0.857 bits per heavy atom. The quantitative estimate of drug-likeness (QED) is 0.448. The largest absolute Gasteiger partial charge is 0.497 e. The Kier molecular flexibility index (Phi) is 7.71. The third kappa shape index (κ3) is 6.96. The molecule has 0 atom stereocenters. The second kappa shape index (κ2) is 10.4. The van der Waals surface area contributed by atoms with E-state index in [1.165, 1.54) is 31.4 Å². The van der Waals surface area contributed by atoms with Crippen LogP contribution in [0.1, 0.15) is 11.1 Å². The van der Waals surface area contributed by atoms with Crippen molar-refractivity contribution >= 4 is 43.0 Å². The van der Waals surface area contributed by atoms with Gasteiger partial charge in [0.2, 0.25) is 15.9 Å². The van der Waals surface area contributed by atoms with E-state index in [0.717, 1.165) is 21.7 Å². The number of ether oxygens (including phenoxy) is 1. The van der Waals surface area contributed by atoms with Gasteiger partial charge in [-0.25, -0.2) is 16.8 Å². The van der Waals surface area contributed by atoms with E-state index in [1.54, 1.807) is 36.4 Å². The zero-order valence-electron chi connectivity index (χ0n) is 19.8. The van der Waals surface area contributed by atoms with E-state index in [0.29, 0.717) is 22.8 Å². The Morgan fingerprint density at radius 3 is 1.91 bits per heavy atom. The van der Waals surface area contributed by atoms with Gasteiger partial charge in [-0.1, -0.05) is 6.07 Å². The lowest BCUT2D eigenvalue weighted by atomic mass is 10.1. The highest BCUT2D eigenvalue weighted by Crippen LogP contribution is 2.23. The summed E-state index contributed by atoms with van der Waals surface area (Å²) in [6.45, 7) is 3.26. The molecule has 0 heterocycles. The van der Waals surface area contributed by atoms with Crippen molar-refractivity contribution in [3.8, 4) is 5.75 Å². The molecule has 3 rings (SSSR count). The van der Waals surface area contributed by atoms with Crippen molar-refractivity contribution in [3.05, 3.63) is 77.9 Å². The van der Waals surface area contributed by atoms with Crippen molar-refractivity contribution in [1.82, 2.24) is 0 Å². The molecule has 0 saturated heterocycles. The predicted molar refractivity (Wildman–Crippen MR) is 137 cm³/mol. The van der Waals surface area contributed by atoms with Crippen LogP contribution >= 0.6 is 0 Å². The SMILES string of the molecule is COc1ccc(NS(=O)(=O)c2ccc(NC(=O)CN(c3cc(C)cc(C)c3)S(C)(=O)=O)cc2)cc1. The number of carbonyl (C=O) groups is 1. The molecule has 0 radical (unpaired) electrons. The molecule has 0 aliphatic carbocycles. The molecular weight excluding hydrogens is 490 g/mol. The molecule has 0 aliphatic rings. The molecule has 0 unspecified atom stereocenters. The molecular formula is C24H27N3O6S2. The van der Waals surface area contributed by atoms with Gasteiger partial charge in [0.25, 0.3) is 10.0 Å². The standard InChI is InChI=1S/C24H27N3O6S2/c1-17-13-18(2)15-21(14-17)27(34(4,29)30)16-24(28)25-19-7-11-23(12-8-19)35(31,32)26-20-5-9-22(33-3)10-6-20/h5-15,26H,16H2,1-4H3,(H,25,28). The Morgan fingerprint density at radius 2 is 1.40 bits per heavy atom. The summed E-state index contributed by atoms with van der Waals surface area (Å²) in [6.07, 6.45) is 1.04. The van der Waals surface area contributed by atoms with Crippen LogP contribution in [0.15, 0.2) is 71.6 Å². The minimum absolute atomic E-state index is 0.000634. The number of hydrogen-bond donors (Lipinski definition) is 2. The van der Waals surface area contributed by atoms with Gasteiger partial charge in [-0.2, -0.15) is 0 Å². The molecule has 0 bridgehead atoms. The molecule has 35 heavy (non-hydrogen) atoms. The fraction of sp³-hybridized carbons (Fsp3) is 0.208. The van der Waals surface area contributed by atoms with Gasteiger partial charge in [0.1, 0.15) is 12.3 Å². The first-order chi connectivity index (χ1) is 16.4. The fourth-order valence-electron chi connectivity index (χ4n) is 3.42. The Hall–Kier alpha value is -3.57. The number of rotatable bonds is 9. The van der Waals surface area contributed by atoms with Crippen molar-refractivity contribution in [2.45, 2.75) is 18.7 Å². The van der Waals surface area contributed by atoms with Gasteiger partial charge < -0.3 is 10.1 Å². The maximum absolute atomic E-state index is 12.7. The lowest BCUT2D eigenvalue weighted by Crippen LogP contribution is -2.37. The molecule has 0 fully saturated rings. The van der Waals surface area contributed by atoms with Gasteiger partial charge in [0.05, 0.1) is 23.9 Å². The zero-order chi connectivity index (χ0) is 25.8. The molecule has 0 spiro atoms. The van der Waals surface area contributed by atoms with E-state index in [4.69, 9.17) is 4.74 Å². The number of nitrogens with one attached hydrogen (secondary N) is 2. The average Bonchev–Trinajstić information content (AvgIpc) is 2.76. The molecule has 186 valence electrons. The second-order valence-corrected chi connectivity index (χ2v) is 11.6. The molecule has 0 aliphatic heterocycles. The van der Waals surface area contributed by atoms with Crippen LogP contribution in [0.2, 0.25) is 0 Å². The van der Waals surface area contributed by atoms with Gasteiger partial charge in [-0.05, 0) is 85.6 Å². The molecule has 11 heteroatoms. The van der Waals surface area contributed by atoms with Crippen LogP contribution in [0, 0.1) is 13.8 Å². The second-order valence-electron chi connectivity index (χ2n) is 8.02. The van der Waals surface area contributed by atoms with Gasteiger partial charge in [-0.15, -0.1) is 0 Å². The number of methoxy groups -OCH3 is 1. The minimum atomic E-state index is -3.85. The van der Waals surface area contributed by atoms with Crippen LogP contribution in [-0.4, -0.2) is 42.7 Å². The van der Waals surface area contributed by atoms with E-state index in [1.807, 2.05) is 19.9 Å². The number of sulfonamides is 2. The third-order valence-corrected chi connectivity index (χ3v) is 7.51. The zero-order valence-corrected chi connectivity index (χ0v) is 21.4. The average molecular weight is 518 g/mol. The van der Waals surface area contributed by atoms with Crippen LogP contribution in [0.4, 0.5) is 17.1 Å². The normalized spacial score (nSPS) is 11.5. The Balaban J connectivity index is 1.71. The number of aryl methyl sites for hydroxylation is 2. The van der Waals surface area contributed by atoms with E-state index in [9.17, 15) is 21.6 Å². The monoisotopic (exact) mass is 517 g/mol. The molecule has 3 aromatic carbocycles. The highest BCUT2D eigenvalue weighted by Gasteiger charge is 2.22. The molecule has 1 amide bonds. The highest BCUT2D eigenvalue weighted by atomic mass is 32.2. The van der Waals surface area contributed by atoms with E-state index in [2.05, 4.69) is 10.0 Å². The molecule has 9 nitrogen and oxygen atoms in total. The van der Waals surface area contributed by atoms with Crippen molar-refractivity contribution in [1.29, 1.82) is 0 Å². The molecule has 0 saturated carbocycles. The third-order valence-electron chi connectivity index (χ3n) is 4.97. The predicted octanol–water partition coefficient (Wildman–Crippen LogP) is 3.52. The Labute approximate surface area is 205 Å². The number of anilines is 3. The summed E-state index contributed by atoms with van der Waals surface area (Å²) in [5.74, 6) is 0.0292. The maximum atomic E-state index is 12.7. The number of benzene rings is 3. The van der Waals surface area contributed by atoms with Crippen LogP contribution in [0.5, 0.6) is 5.75 Å². The first kappa shape index (κ1) is 26.0. The van der Waals surface area contributed by atoms with E-state index in [-0.39, 0.29) is 4.90 Å². The van der Waals surface area contributed by atoms with E-state index < -0.39 is 32.5 Å². The van der Waals surface area contributed by atoms with Gasteiger partial charge >= 0.3 is 0 Å². The van der Waals surface area contributed by atoms with Crippen molar-refractivity contribution < 1.29 is 26.4 Å². The molecule has 0 aromatic heterocycles. The number of hydrogen-bond acceptors (Lipinski definition) is 6. The van der Waals surface area contributed by atoms with Crippen molar-refractivity contribution in [2.24, 2.45) is 0 Å². The number of carbonyl (C=O) groups excluding carboxylic acids is 1. The topological polar surface area (TPSA) is 122 Å². The fourth-order valence-corrected chi connectivity index (χ4v) is 5.31. The first-order valence-electron chi connectivity index (χ1n) is 10.5. The molecule has 3 aromatic rings. The summed E-state index contributed by atoms with van der Waals surface area (Å²) in [7, 11) is -6.06. The lowest BCUT2D eigenvalue weighted by Gasteiger charge is -2.23. The summed E-state index contributed by atoms with van der Waals surface area (Å²) in [4.78, 5) is 12.6. The number of nitrogens with zero attached hydrogens (tertiary/aromatic N) is 1. The Bertz CT molecular complexity index is 1400. The summed E-state index contributed by atoms with van der Waals surface area (Å²) in [5, 5.41) is 2.61. The smallest absolute Gasteiger partial charge is 0.261 e. The molecule has 2 N–H and O–H groups in total. The summed E-state index contributed by atoms with van der Waals surface area (Å²) >= 11 is 0. The lowest BCUT2D eigenvalue weighted by molar-refractivity contribution is -0.114. The van der Waals surface area contributed by atoms with Crippen molar-refractivity contribution in [2.75, 3.05) is 34.3 Å². The van der Waals surface area contributed by atoms with E-state index >= 15 is 0 Å². The van der Waals surface area contributed by atoms with Crippen LogP contribution in [-0.2, 0) is 24.8 Å². The summed E-state index contributed by atoms with van der Waals surface area (Å²) in [6, 6.07) is 17.3. The van der Waals surface area contributed by atoms with Gasteiger partial charge in [0.15, 0.2) is 0 Å². The highest BCUT2D eigenvalue weighted by molar-refractivity contribution is 7.92. The first-order valence-corrected chi connectivity index (χ1v) is 13.8. The summed E-state index contributed by atoms with van der Waals surface area (Å²) < 4.78 is 58.6. The van der Waals surface area contributed by atoms with Crippen LogP contribution in [0.25, 0.3) is 0 Å². The summed E-state index contributed by atoms with van der Waals surface area (Å²) in [5.41, 5.74) is 2.83. The van der Waals surface area contributed by atoms with Crippen LogP contribution < -0.4 is 19.1 Å². The maximum Gasteiger partial charge on any atom is 0.261 e. The number of amides is 1. The van der Waals surface area contributed by atoms with Crippen LogP contribution in [0.3, 0.4) is 0 Å². The minimum Gasteiger partial charge on any atom is -0.497 e.